The molecular formula is C8H5ClN2O3. The van der Waals surface area contributed by atoms with Crippen LogP contribution in [0.15, 0.2) is 24.4 Å². The molecule has 14 heavy (non-hydrogen) atoms. The fraction of sp³-hybridized carbons (Fsp3) is 0. The number of hydrogen-bond acceptors (Lipinski definition) is 3. The number of carboxylic acid groups (broad SMARTS) is 1. The molecule has 1 N–H and O–H groups in total. The van der Waals surface area contributed by atoms with Gasteiger partial charge in [0.15, 0.2) is 0 Å². The molecular weight excluding hydrogens is 208 g/mol. The Morgan fingerprint density at radius 1 is 1.57 bits per heavy atom. The van der Waals surface area contributed by atoms with Gasteiger partial charge in [0, 0.05) is 12.3 Å². The van der Waals surface area contributed by atoms with Gasteiger partial charge in [0.25, 0.3) is 0 Å². The van der Waals surface area contributed by atoms with E-state index in [4.69, 9.17) is 16.7 Å². The molecule has 0 aliphatic carbocycles. The Morgan fingerprint density at radius 3 is 3.07 bits per heavy atom. The summed E-state index contributed by atoms with van der Waals surface area (Å²) in [7, 11) is 0. The number of ether oxygens (including phenoxy) is 1. The lowest BCUT2D eigenvalue weighted by Gasteiger charge is -1.91. The topological polar surface area (TPSA) is 63.8 Å². The first-order chi connectivity index (χ1) is 6.65. The summed E-state index contributed by atoms with van der Waals surface area (Å²) in [6, 6.07) is 4.90. The van der Waals surface area contributed by atoms with E-state index in [1.807, 2.05) is 0 Å². The summed E-state index contributed by atoms with van der Waals surface area (Å²) in [5.41, 5.74) is 0.714. The summed E-state index contributed by atoms with van der Waals surface area (Å²) in [6.07, 6.45) is 0.172. The molecule has 0 saturated carbocycles. The first kappa shape index (κ1) is 8.83. The van der Waals surface area contributed by atoms with Crippen LogP contribution in [0.1, 0.15) is 0 Å². The van der Waals surface area contributed by atoms with Crippen molar-refractivity contribution < 1.29 is 14.6 Å². The highest BCUT2D eigenvalue weighted by molar-refractivity contribution is 6.30. The highest BCUT2D eigenvalue weighted by Crippen LogP contribution is 2.16. The number of fused-ring (bicyclic) bond motifs is 1. The van der Waals surface area contributed by atoms with Gasteiger partial charge < -0.3 is 9.84 Å². The maximum absolute atomic E-state index is 10.2. The van der Waals surface area contributed by atoms with E-state index in [1.165, 1.54) is 10.6 Å². The highest BCUT2D eigenvalue weighted by Gasteiger charge is 2.06. The number of pyridine rings is 1. The number of hydrogen-bond donors (Lipinski definition) is 1. The lowest BCUT2D eigenvalue weighted by molar-refractivity contribution is 0.142. The van der Waals surface area contributed by atoms with Crippen LogP contribution in [0.4, 0.5) is 4.79 Å². The van der Waals surface area contributed by atoms with Gasteiger partial charge in [-0.1, -0.05) is 11.6 Å². The predicted molar refractivity (Wildman–Crippen MR) is 48.9 cm³/mol. The second kappa shape index (κ2) is 3.19. The molecule has 0 aliphatic rings. The summed E-state index contributed by atoms with van der Waals surface area (Å²) in [6.45, 7) is 0. The van der Waals surface area contributed by atoms with Crippen LogP contribution in [-0.4, -0.2) is 20.9 Å². The zero-order chi connectivity index (χ0) is 10.1. The van der Waals surface area contributed by atoms with E-state index in [0.717, 1.165) is 0 Å². The Labute approximate surface area is 83.5 Å². The smallest absolute Gasteiger partial charge is 0.449 e. The van der Waals surface area contributed by atoms with Crippen LogP contribution >= 0.6 is 11.6 Å². The Kier molecular flexibility index (Phi) is 2.01. The van der Waals surface area contributed by atoms with Gasteiger partial charge in [-0.15, -0.1) is 5.10 Å². The second-order valence-corrected chi connectivity index (χ2v) is 3.00. The third kappa shape index (κ3) is 1.62. The van der Waals surface area contributed by atoms with Gasteiger partial charge in [-0.25, -0.2) is 9.31 Å². The summed E-state index contributed by atoms with van der Waals surface area (Å²) < 4.78 is 5.83. The number of halogens is 1. The van der Waals surface area contributed by atoms with Crippen molar-refractivity contribution >= 4 is 23.3 Å². The molecule has 6 heteroatoms. The van der Waals surface area contributed by atoms with Crippen molar-refractivity contribution in [3.63, 3.8) is 0 Å². The molecule has 0 spiro atoms. The molecule has 0 atom stereocenters. The number of nitrogens with zero attached hydrogens (tertiary/aromatic N) is 2. The molecule has 2 aromatic rings. The highest BCUT2D eigenvalue weighted by atomic mass is 35.5. The van der Waals surface area contributed by atoms with Crippen LogP contribution in [0.25, 0.3) is 5.52 Å². The molecule has 0 fully saturated rings. The van der Waals surface area contributed by atoms with Crippen molar-refractivity contribution in [1.29, 1.82) is 0 Å². The van der Waals surface area contributed by atoms with E-state index in [0.29, 0.717) is 10.5 Å². The normalized spacial score (nSPS) is 10.4. The molecule has 0 bridgehead atoms. The van der Waals surface area contributed by atoms with Crippen molar-refractivity contribution in [1.82, 2.24) is 9.61 Å². The van der Waals surface area contributed by atoms with Gasteiger partial charge in [0.05, 0.1) is 10.5 Å². The molecule has 5 nitrogen and oxygen atoms in total. The molecule has 0 aliphatic heterocycles. The van der Waals surface area contributed by atoms with Gasteiger partial charge in [-0.05, 0) is 12.1 Å². The lowest BCUT2D eigenvalue weighted by atomic mass is 10.4. The maximum Gasteiger partial charge on any atom is 0.512 e. The van der Waals surface area contributed by atoms with E-state index in [1.54, 1.807) is 18.3 Å². The molecule has 0 amide bonds. The molecule has 0 unspecified atom stereocenters. The Balaban J connectivity index is 2.46. The molecule has 0 saturated heterocycles. The minimum atomic E-state index is -1.39. The summed E-state index contributed by atoms with van der Waals surface area (Å²) in [5, 5.41) is 12.7. The fourth-order valence-electron chi connectivity index (χ4n) is 1.08. The molecule has 72 valence electrons. The van der Waals surface area contributed by atoms with Crippen LogP contribution in [0, 0.1) is 0 Å². The monoisotopic (exact) mass is 212 g/mol. The lowest BCUT2D eigenvalue weighted by Crippen LogP contribution is -2.03. The largest absolute Gasteiger partial charge is 0.512 e. The summed E-state index contributed by atoms with van der Waals surface area (Å²) in [5.74, 6) is 0.0276. The van der Waals surface area contributed by atoms with E-state index in [-0.39, 0.29) is 5.88 Å². The van der Waals surface area contributed by atoms with Crippen LogP contribution < -0.4 is 4.74 Å². The molecule has 0 radical (unpaired) electrons. The minimum absolute atomic E-state index is 0.0276. The summed E-state index contributed by atoms with van der Waals surface area (Å²) >= 11 is 5.72. The number of rotatable bonds is 1. The second-order valence-electron chi connectivity index (χ2n) is 2.57. The van der Waals surface area contributed by atoms with Crippen LogP contribution in [-0.2, 0) is 0 Å². The van der Waals surface area contributed by atoms with Crippen molar-refractivity contribution in [2.75, 3.05) is 0 Å². The molecule has 2 rings (SSSR count). The van der Waals surface area contributed by atoms with Crippen molar-refractivity contribution in [3.05, 3.63) is 29.4 Å². The van der Waals surface area contributed by atoms with Crippen molar-refractivity contribution in [2.24, 2.45) is 0 Å². The van der Waals surface area contributed by atoms with Crippen molar-refractivity contribution in [3.8, 4) is 5.88 Å². The first-order valence-electron chi connectivity index (χ1n) is 3.71. The van der Waals surface area contributed by atoms with Gasteiger partial charge in [0.1, 0.15) is 0 Å². The minimum Gasteiger partial charge on any atom is -0.449 e. The average molecular weight is 213 g/mol. The van der Waals surface area contributed by atoms with E-state index in [9.17, 15) is 4.79 Å². The Hall–Kier alpha value is -1.75. The van der Waals surface area contributed by atoms with Crippen LogP contribution in [0.3, 0.4) is 0 Å². The third-order valence-corrected chi connectivity index (χ3v) is 1.82. The number of carbonyl (C=O) groups is 1. The van der Waals surface area contributed by atoms with Crippen molar-refractivity contribution in [2.45, 2.75) is 0 Å². The molecule has 0 aromatic carbocycles. The van der Waals surface area contributed by atoms with Gasteiger partial charge in [-0.2, -0.15) is 0 Å². The first-order valence-corrected chi connectivity index (χ1v) is 4.09. The molecule has 2 heterocycles. The van der Waals surface area contributed by atoms with Gasteiger partial charge >= 0.3 is 6.16 Å². The average Bonchev–Trinajstić information content (AvgIpc) is 2.44. The van der Waals surface area contributed by atoms with Crippen LogP contribution in [0.2, 0.25) is 5.02 Å². The standard InChI is InChI=1S/C8H5ClN2O3/c9-5-1-2-6-3-7(14-8(12)13)10-11(6)4-5/h1-4H,(H,12,13). The van der Waals surface area contributed by atoms with E-state index in [2.05, 4.69) is 9.84 Å². The predicted octanol–water partition coefficient (Wildman–Crippen LogP) is 2.04. The van der Waals surface area contributed by atoms with E-state index < -0.39 is 6.16 Å². The quantitative estimate of drug-likeness (QED) is 0.735. The van der Waals surface area contributed by atoms with E-state index >= 15 is 0 Å². The zero-order valence-electron chi connectivity index (χ0n) is 6.85. The SMILES string of the molecule is O=C(O)Oc1cc2ccc(Cl)cn2n1. The van der Waals surface area contributed by atoms with Crippen LogP contribution in [0.5, 0.6) is 5.88 Å². The fourth-order valence-corrected chi connectivity index (χ4v) is 1.23. The van der Waals surface area contributed by atoms with Gasteiger partial charge in [0.2, 0.25) is 5.88 Å². The Morgan fingerprint density at radius 2 is 2.36 bits per heavy atom. The molecule has 2 aromatic heterocycles. The number of aromatic nitrogens is 2. The maximum atomic E-state index is 10.2. The van der Waals surface area contributed by atoms with Gasteiger partial charge in [-0.3, -0.25) is 0 Å². The zero-order valence-corrected chi connectivity index (χ0v) is 7.60. The third-order valence-electron chi connectivity index (χ3n) is 1.59. The Bertz CT molecular complexity index is 494. The summed E-state index contributed by atoms with van der Waals surface area (Å²) in [4.78, 5) is 10.2.